The number of benzene rings is 1. The lowest BCUT2D eigenvalue weighted by Crippen LogP contribution is -2.20. The van der Waals surface area contributed by atoms with Gasteiger partial charge in [-0.2, -0.15) is 0 Å². The molecule has 2 nitrogen and oxygen atoms in total. The van der Waals surface area contributed by atoms with E-state index in [1.807, 2.05) is 0 Å². The topological polar surface area (TPSA) is 38.0 Å². The molecule has 0 radical (unpaired) electrons. The highest BCUT2D eigenvalue weighted by Gasteiger charge is 2.02. The summed E-state index contributed by atoms with van der Waals surface area (Å²) in [5.41, 5.74) is 6.87. The molecule has 14 heavy (non-hydrogen) atoms. The Balaban J connectivity index is 2.50. The van der Waals surface area contributed by atoms with Gasteiger partial charge in [0, 0.05) is 17.3 Å². The minimum absolute atomic E-state index is 0.327. The van der Waals surface area contributed by atoms with E-state index in [0.29, 0.717) is 17.3 Å². The summed E-state index contributed by atoms with van der Waals surface area (Å²) in [6.07, 6.45) is -2.34. The van der Waals surface area contributed by atoms with Crippen LogP contribution in [0.15, 0.2) is 18.2 Å². The number of alkyl halides is 2. The molecule has 0 saturated heterocycles. The van der Waals surface area contributed by atoms with Crippen molar-refractivity contribution in [3.63, 3.8) is 0 Å². The van der Waals surface area contributed by atoms with Crippen molar-refractivity contribution in [1.29, 1.82) is 0 Å². The fourth-order valence-corrected chi connectivity index (χ4v) is 1.37. The zero-order valence-electron chi connectivity index (χ0n) is 7.43. The number of halogens is 3. The SMILES string of the molecule is Nc1cc(Cl)cc(CNCC(F)F)c1. The van der Waals surface area contributed by atoms with Gasteiger partial charge < -0.3 is 11.1 Å². The van der Waals surface area contributed by atoms with E-state index >= 15 is 0 Å². The van der Waals surface area contributed by atoms with Crippen molar-refractivity contribution in [2.24, 2.45) is 0 Å². The van der Waals surface area contributed by atoms with Crippen molar-refractivity contribution in [2.75, 3.05) is 12.3 Å². The molecule has 0 aliphatic heterocycles. The van der Waals surface area contributed by atoms with Crippen LogP contribution in [0, 0.1) is 0 Å². The van der Waals surface area contributed by atoms with Crippen LogP contribution in [-0.4, -0.2) is 13.0 Å². The zero-order valence-corrected chi connectivity index (χ0v) is 8.19. The van der Waals surface area contributed by atoms with Gasteiger partial charge in [-0.1, -0.05) is 11.6 Å². The lowest BCUT2D eigenvalue weighted by Gasteiger charge is -2.05. The average molecular weight is 221 g/mol. The highest BCUT2D eigenvalue weighted by atomic mass is 35.5. The smallest absolute Gasteiger partial charge is 0.250 e. The van der Waals surface area contributed by atoms with Gasteiger partial charge in [-0.05, 0) is 23.8 Å². The molecule has 1 aromatic rings. The normalized spacial score (nSPS) is 10.9. The zero-order chi connectivity index (χ0) is 10.6. The Labute approximate surface area is 86.1 Å². The summed E-state index contributed by atoms with van der Waals surface area (Å²) in [4.78, 5) is 0. The van der Waals surface area contributed by atoms with E-state index in [1.54, 1.807) is 18.2 Å². The number of nitrogens with one attached hydrogen (secondary N) is 1. The summed E-state index contributed by atoms with van der Waals surface area (Å²) >= 11 is 5.74. The third-order valence-corrected chi connectivity index (χ3v) is 1.83. The van der Waals surface area contributed by atoms with Gasteiger partial charge in [-0.15, -0.1) is 0 Å². The fraction of sp³-hybridized carbons (Fsp3) is 0.333. The van der Waals surface area contributed by atoms with Crippen molar-refractivity contribution in [3.05, 3.63) is 28.8 Å². The fourth-order valence-electron chi connectivity index (χ4n) is 1.10. The molecular formula is C9H11ClF2N2. The molecule has 5 heteroatoms. The van der Waals surface area contributed by atoms with E-state index in [0.717, 1.165) is 5.56 Å². The van der Waals surface area contributed by atoms with E-state index in [2.05, 4.69) is 5.32 Å². The van der Waals surface area contributed by atoms with E-state index in [1.165, 1.54) is 0 Å². The van der Waals surface area contributed by atoms with Crippen molar-refractivity contribution in [3.8, 4) is 0 Å². The van der Waals surface area contributed by atoms with Crippen LogP contribution in [0.1, 0.15) is 5.56 Å². The number of nitrogen functional groups attached to an aromatic ring is 1. The Morgan fingerprint density at radius 1 is 1.36 bits per heavy atom. The van der Waals surface area contributed by atoms with Gasteiger partial charge in [0.15, 0.2) is 0 Å². The maximum absolute atomic E-state index is 11.8. The molecule has 78 valence electrons. The summed E-state index contributed by atoms with van der Waals surface area (Å²) in [5, 5.41) is 3.10. The third-order valence-electron chi connectivity index (χ3n) is 1.61. The van der Waals surface area contributed by atoms with Crippen LogP contribution < -0.4 is 11.1 Å². The summed E-state index contributed by atoms with van der Waals surface area (Å²) in [6, 6.07) is 5.00. The van der Waals surface area contributed by atoms with Crippen molar-refractivity contribution in [2.45, 2.75) is 13.0 Å². The summed E-state index contributed by atoms with van der Waals surface area (Å²) in [6.45, 7) is 0.0154. The minimum Gasteiger partial charge on any atom is -0.399 e. The van der Waals surface area contributed by atoms with Crippen LogP contribution in [0.25, 0.3) is 0 Å². The summed E-state index contributed by atoms with van der Waals surface area (Å²) in [5.74, 6) is 0. The van der Waals surface area contributed by atoms with E-state index in [-0.39, 0.29) is 6.54 Å². The van der Waals surface area contributed by atoms with Crippen molar-refractivity contribution in [1.82, 2.24) is 5.32 Å². The highest BCUT2D eigenvalue weighted by Crippen LogP contribution is 2.16. The molecular weight excluding hydrogens is 210 g/mol. The van der Waals surface area contributed by atoms with Crippen molar-refractivity contribution >= 4 is 17.3 Å². The Kier molecular flexibility index (Phi) is 4.10. The van der Waals surface area contributed by atoms with E-state index < -0.39 is 6.43 Å². The largest absolute Gasteiger partial charge is 0.399 e. The standard InChI is InChI=1S/C9H11ClF2N2/c10-7-1-6(2-8(13)3-7)4-14-5-9(11)12/h1-3,9,14H,4-5,13H2. The average Bonchev–Trinajstić information content (AvgIpc) is 2.01. The molecule has 1 rings (SSSR count). The molecule has 0 unspecified atom stereocenters. The summed E-state index contributed by atoms with van der Waals surface area (Å²) in [7, 11) is 0. The minimum atomic E-state index is -2.34. The van der Waals surface area contributed by atoms with E-state index in [9.17, 15) is 8.78 Å². The second-order valence-electron chi connectivity index (χ2n) is 2.91. The molecule has 0 amide bonds. The van der Waals surface area contributed by atoms with Crippen LogP contribution in [0.2, 0.25) is 5.02 Å². The summed E-state index contributed by atoms with van der Waals surface area (Å²) < 4.78 is 23.6. The lowest BCUT2D eigenvalue weighted by atomic mass is 10.2. The quantitative estimate of drug-likeness (QED) is 0.764. The lowest BCUT2D eigenvalue weighted by molar-refractivity contribution is 0.145. The molecule has 1 aromatic carbocycles. The first-order valence-electron chi connectivity index (χ1n) is 4.12. The van der Waals surface area contributed by atoms with Gasteiger partial charge in [0.25, 0.3) is 6.43 Å². The molecule has 3 N–H and O–H groups in total. The number of anilines is 1. The maximum atomic E-state index is 11.8. The molecule has 0 aliphatic rings. The van der Waals surface area contributed by atoms with Crippen LogP contribution in [0.4, 0.5) is 14.5 Å². The van der Waals surface area contributed by atoms with Crippen LogP contribution in [0.3, 0.4) is 0 Å². The van der Waals surface area contributed by atoms with Gasteiger partial charge in [0.2, 0.25) is 0 Å². The molecule has 0 heterocycles. The molecule has 0 bridgehead atoms. The Hall–Kier alpha value is -0.870. The first kappa shape index (κ1) is 11.2. The van der Waals surface area contributed by atoms with Gasteiger partial charge >= 0.3 is 0 Å². The van der Waals surface area contributed by atoms with Gasteiger partial charge in [-0.3, -0.25) is 0 Å². The van der Waals surface area contributed by atoms with Crippen LogP contribution in [0.5, 0.6) is 0 Å². The second-order valence-corrected chi connectivity index (χ2v) is 3.35. The Morgan fingerprint density at radius 2 is 2.07 bits per heavy atom. The molecule has 0 aromatic heterocycles. The number of nitrogens with two attached hydrogens (primary N) is 1. The first-order chi connectivity index (χ1) is 6.58. The molecule has 0 aliphatic carbocycles. The van der Waals surface area contributed by atoms with E-state index in [4.69, 9.17) is 17.3 Å². The number of hydrogen-bond acceptors (Lipinski definition) is 2. The van der Waals surface area contributed by atoms with Gasteiger partial charge in [0.05, 0.1) is 6.54 Å². The third kappa shape index (κ3) is 3.89. The molecule has 0 spiro atoms. The predicted octanol–water partition coefficient (Wildman–Crippen LogP) is 2.28. The highest BCUT2D eigenvalue weighted by molar-refractivity contribution is 6.30. The molecule has 0 saturated carbocycles. The van der Waals surface area contributed by atoms with Crippen LogP contribution in [-0.2, 0) is 6.54 Å². The predicted molar refractivity (Wildman–Crippen MR) is 53.6 cm³/mol. The molecule has 0 atom stereocenters. The van der Waals surface area contributed by atoms with Crippen LogP contribution >= 0.6 is 11.6 Å². The number of hydrogen-bond donors (Lipinski definition) is 2. The monoisotopic (exact) mass is 220 g/mol. The van der Waals surface area contributed by atoms with Gasteiger partial charge in [-0.25, -0.2) is 8.78 Å². The Morgan fingerprint density at radius 3 is 2.64 bits per heavy atom. The maximum Gasteiger partial charge on any atom is 0.250 e. The first-order valence-corrected chi connectivity index (χ1v) is 4.49. The molecule has 0 fully saturated rings. The van der Waals surface area contributed by atoms with Crippen molar-refractivity contribution < 1.29 is 8.78 Å². The Bertz CT molecular complexity index is 285. The second kappa shape index (κ2) is 5.12. The number of rotatable bonds is 4. The van der Waals surface area contributed by atoms with Gasteiger partial charge in [0.1, 0.15) is 0 Å².